The van der Waals surface area contributed by atoms with Crippen molar-refractivity contribution in [2.24, 2.45) is 5.10 Å². The van der Waals surface area contributed by atoms with Gasteiger partial charge < -0.3 is 25.0 Å². The van der Waals surface area contributed by atoms with E-state index in [1.807, 2.05) is 0 Å². The second kappa shape index (κ2) is 10.5. The van der Waals surface area contributed by atoms with Crippen molar-refractivity contribution in [3.8, 4) is 23.0 Å². The van der Waals surface area contributed by atoms with Gasteiger partial charge in [-0.3, -0.25) is 9.59 Å². The molecule has 36 heavy (non-hydrogen) atoms. The molecule has 1 aliphatic heterocycles. The van der Waals surface area contributed by atoms with Crippen LogP contribution in [0.2, 0.25) is 0 Å². The number of hydrazone groups is 1. The Morgan fingerprint density at radius 1 is 1.00 bits per heavy atom. The Hall–Kier alpha value is -4.31. The number of hydrogen-bond donors (Lipinski definition) is 4. The molecule has 4 N–H and O–H groups in total. The van der Waals surface area contributed by atoms with Gasteiger partial charge in [0.25, 0.3) is 11.8 Å². The van der Waals surface area contributed by atoms with Gasteiger partial charge in [-0.1, -0.05) is 24.3 Å². The van der Waals surface area contributed by atoms with E-state index in [-0.39, 0.29) is 29.6 Å². The Morgan fingerprint density at radius 3 is 2.47 bits per heavy atom. The number of benzene rings is 3. The van der Waals surface area contributed by atoms with Crippen LogP contribution in [0.15, 0.2) is 63.8 Å². The molecule has 3 aromatic rings. The maximum absolute atomic E-state index is 13.0. The van der Waals surface area contributed by atoms with E-state index in [9.17, 15) is 19.8 Å². The lowest BCUT2D eigenvalue weighted by Gasteiger charge is -2.12. The molecule has 0 unspecified atom stereocenters. The number of carbonyl (C=O) groups is 2. The summed E-state index contributed by atoms with van der Waals surface area (Å²) in [5.41, 5.74) is 4.37. The first-order valence-corrected chi connectivity index (χ1v) is 11.6. The lowest BCUT2D eigenvalue weighted by atomic mass is 10.0. The summed E-state index contributed by atoms with van der Waals surface area (Å²) in [6, 6.07) is 13.6. The van der Waals surface area contributed by atoms with E-state index in [1.54, 1.807) is 62.4 Å². The minimum atomic E-state index is -0.695. The average Bonchev–Trinajstić information content (AvgIpc) is 3.36. The van der Waals surface area contributed by atoms with Crippen LogP contribution in [0, 0.1) is 13.8 Å². The molecule has 0 saturated heterocycles. The second-order valence-corrected chi connectivity index (χ2v) is 8.66. The molecule has 0 aromatic heterocycles. The summed E-state index contributed by atoms with van der Waals surface area (Å²) in [4.78, 5) is 25.8. The molecule has 3 aromatic carbocycles. The third-order valence-corrected chi connectivity index (χ3v) is 6.47. The standard InChI is InChI=1S/C26H22BrN3O6/c1-14-18(23(31)15(2)24(32)22(14)27)12-28-30-26(34)19(29-25(33)17-6-4-3-5-7-17)10-16-8-9-20-21(11-16)36-13-35-20/h3-12,31-32H,13H2,1-2H3,(H,29,33)(H,30,34)/b19-10+,28-12+. The van der Waals surface area contributed by atoms with Crippen LogP contribution in [0.5, 0.6) is 23.0 Å². The van der Waals surface area contributed by atoms with Crippen LogP contribution in [0.25, 0.3) is 6.08 Å². The number of rotatable bonds is 6. The molecule has 0 bridgehead atoms. The SMILES string of the molecule is Cc1c(O)c(Br)c(C)c(/C=N/NC(=O)/C(=C\c2ccc3c(c2)OCO3)NC(=O)c2ccccc2)c1O. The molecule has 0 aliphatic carbocycles. The fraction of sp³-hybridized carbons (Fsp3) is 0.115. The van der Waals surface area contributed by atoms with Crippen molar-refractivity contribution in [2.75, 3.05) is 6.79 Å². The molecule has 0 radical (unpaired) electrons. The zero-order chi connectivity index (χ0) is 25.8. The number of nitrogens with zero attached hydrogens (tertiary/aromatic N) is 1. The Balaban J connectivity index is 1.61. The predicted molar refractivity (Wildman–Crippen MR) is 137 cm³/mol. The molecule has 0 saturated carbocycles. The van der Waals surface area contributed by atoms with Crippen molar-refractivity contribution >= 4 is 40.0 Å². The monoisotopic (exact) mass is 551 g/mol. The van der Waals surface area contributed by atoms with Crippen molar-refractivity contribution < 1.29 is 29.3 Å². The van der Waals surface area contributed by atoms with Gasteiger partial charge in [-0.2, -0.15) is 5.10 Å². The van der Waals surface area contributed by atoms with E-state index in [0.29, 0.717) is 38.2 Å². The third-order valence-electron chi connectivity index (χ3n) is 5.50. The van der Waals surface area contributed by atoms with E-state index in [4.69, 9.17) is 9.47 Å². The smallest absolute Gasteiger partial charge is 0.287 e. The van der Waals surface area contributed by atoms with Crippen molar-refractivity contribution in [3.05, 3.63) is 86.5 Å². The lowest BCUT2D eigenvalue weighted by Crippen LogP contribution is -2.32. The van der Waals surface area contributed by atoms with Gasteiger partial charge >= 0.3 is 0 Å². The average molecular weight is 552 g/mol. The van der Waals surface area contributed by atoms with Gasteiger partial charge in [-0.05, 0) is 71.2 Å². The summed E-state index contributed by atoms with van der Waals surface area (Å²) < 4.78 is 11.1. The second-order valence-electron chi connectivity index (χ2n) is 7.86. The zero-order valence-corrected chi connectivity index (χ0v) is 20.9. The summed E-state index contributed by atoms with van der Waals surface area (Å²) in [6.07, 6.45) is 2.74. The van der Waals surface area contributed by atoms with Gasteiger partial charge in [0.15, 0.2) is 11.5 Å². The summed E-state index contributed by atoms with van der Waals surface area (Å²) in [6.45, 7) is 3.34. The minimum absolute atomic E-state index is 0.0659. The molecule has 1 heterocycles. The molecular weight excluding hydrogens is 530 g/mol. The van der Waals surface area contributed by atoms with Crippen molar-refractivity contribution in [1.82, 2.24) is 10.7 Å². The van der Waals surface area contributed by atoms with Gasteiger partial charge in [-0.15, -0.1) is 0 Å². The van der Waals surface area contributed by atoms with E-state index in [2.05, 4.69) is 31.8 Å². The number of aromatic hydroxyl groups is 2. The maximum atomic E-state index is 13.0. The molecule has 0 spiro atoms. The zero-order valence-electron chi connectivity index (χ0n) is 19.3. The highest BCUT2D eigenvalue weighted by Crippen LogP contribution is 2.39. The van der Waals surface area contributed by atoms with E-state index >= 15 is 0 Å². The molecule has 2 amide bonds. The fourth-order valence-corrected chi connectivity index (χ4v) is 3.95. The van der Waals surface area contributed by atoms with Crippen LogP contribution in [-0.2, 0) is 4.79 Å². The van der Waals surface area contributed by atoms with Gasteiger partial charge in [0.2, 0.25) is 6.79 Å². The lowest BCUT2D eigenvalue weighted by molar-refractivity contribution is -0.117. The predicted octanol–water partition coefficient (Wildman–Crippen LogP) is 4.13. The summed E-state index contributed by atoms with van der Waals surface area (Å²) in [7, 11) is 0. The van der Waals surface area contributed by atoms with E-state index < -0.39 is 11.8 Å². The number of ether oxygens (including phenoxy) is 2. The van der Waals surface area contributed by atoms with E-state index in [0.717, 1.165) is 0 Å². The van der Waals surface area contributed by atoms with Crippen molar-refractivity contribution in [3.63, 3.8) is 0 Å². The Morgan fingerprint density at radius 2 is 1.72 bits per heavy atom. The highest BCUT2D eigenvalue weighted by Gasteiger charge is 2.18. The molecule has 9 nitrogen and oxygen atoms in total. The van der Waals surface area contributed by atoms with E-state index in [1.165, 1.54) is 12.3 Å². The van der Waals surface area contributed by atoms with Crippen LogP contribution in [0.4, 0.5) is 0 Å². The topological polar surface area (TPSA) is 129 Å². The van der Waals surface area contributed by atoms with Gasteiger partial charge in [0.05, 0.1) is 10.7 Å². The number of halogens is 1. The van der Waals surface area contributed by atoms with Gasteiger partial charge in [0, 0.05) is 16.7 Å². The molecule has 184 valence electrons. The molecule has 0 fully saturated rings. The molecule has 1 aliphatic rings. The summed E-state index contributed by atoms with van der Waals surface area (Å²) in [5.74, 6) is -0.312. The normalized spacial score (nSPS) is 12.6. The Kier molecular flexibility index (Phi) is 7.25. The largest absolute Gasteiger partial charge is 0.507 e. The third kappa shape index (κ3) is 5.18. The number of fused-ring (bicyclic) bond motifs is 1. The summed E-state index contributed by atoms with van der Waals surface area (Å²) >= 11 is 3.28. The molecule has 0 atom stereocenters. The molecule has 10 heteroatoms. The first kappa shape index (κ1) is 24.8. The minimum Gasteiger partial charge on any atom is -0.507 e. The van der Waals surface area contributed by atoms with Crippen LogP contribution < -0.4 is 20.2 Å². The van der Waals surface area contributed by atoms with Crippen LogP contribution in [0.1, 0.15) is 32.6 Å². The summed E-state index contributed by atoms with van der Waals surface area (Å²) in [5, 5.41) is 27.0. The van der Waals surface area contributed by atoms with Crippen molar-refractivity contribution in [1.29, 1.82) is 0 Å². The molecule has 4 rings (SSSR count). The van der Waals surface area contributed by atoms with Gasteiger partial charge in [0.1, 0.15) is 17.2 Å². The fourth-order valence-electron chi connectivity index (χ4n) is 3.44. The quantitative estimate of drug-likeness (QED) is 0.207. The first-order valence-electron chi connectivity index (χ1n) is 10.8. The molecular formula is C26H22BrN3O6. The highest BCUT2D eigenvalue weighted by atomic mass is 79.9. The van der Waals surface area contributed by atoms with Crippen LogP contribution >= 0.6 is 15.9 Å². The van der Waals surface area contributed by atoms with Crippen LogP contribution in [0.3, 0.4) is 0 Å². The first-order chi connectivity index (χ1) is 17.3. The number of carbonyl (C=O) groups excluding carboxylic acids is 2. The highest BCUT2D eigenvalue weighted by molar-refractivity contribution is 9.10. The van der Waals surface area contributed by atoms with Gasteiger partial charge in [-0.25, -0.2) is 5.43 Å². The maximum Gasteiger partial charge on any atom is 0.287 e. The Labute approximate surface area is 215 Å². The Bertz CT molecular complexity index is 1370. The number of amides is 2. The van der Waals surface area contributed by atoms with Crippen molar-refractivity contribution in [2.45, 2.75) is 13.8 Å². The number of hydrogen-bond acceptors (Lipinski definition) is 7. The number of phenols is 2. The number of nitrogens with one attached hydrogen (secondary N) is 2. The van der Waals surface area contributed by atoms with Crippen LogP contribution in [-0.4, -0.2) is 35.0 Å². The number of phenolic OH excluding ortho intramolecular Hbond substituents is 2.